The second-order valence-corrected chi connectivity index (χ2v) is 5.95. The molecule has 1 aromatic carbocycles. The van der Waals surface area contributed by atoms with Gasteiger partial charge in [0.15, 0.2) is 0 Å². The molecule has 0 spiro atoms. The molecule has 2 N–H and O–H groups in total. The van der Waals surface area contributed by atoms with Gasteiger partial charge in [-0.25, -0.2) is 0 Å². The smallest absolute Gasteiger partial charge is 0.0765 e. The van der Waals surface area contributed by atoms with Crippen LogP contribution < -0.4 is 10.2 Å². The number of hydrogen-bond donors (Lipinski definition) is 2. The van der Waals surface area contributed by atoms with Gasteiger partial charge >= 0.3 is 0 Å². The van der Waals surface area contributed by atoms with Crippen molar-refractivity contribution in [1.82, 2.24) is 5.32 Å². The van der Waals surface area contributed by atoms with E-state index in [4.69, 9.17) is 11.6 Å². The second-order valence-electron chi connectivity index (χ2n) is 5.54. The second kappa shape index (κ2) is 6.60. The fourth-order valence-corrected chi connectivity index (χ4v) is 2.41. The third kappa shape index (κ3) is 4.68. The van der Waals surface area contributed by atoms with Gasteiger partial charge in [-0.1, -0.05) is 17.7 Å². The van der Waals surface area contributed by atoms with E-state index in [1.54, 1.807) is 0 Å². The topological polar surface area (TPSA) is 35.5 Å². The van der Waals surface area contributed by atoms with Crippen molar-refractivity contribution in [2.45, 2.75) is 39.3 Å². The molecule has 0 aliphatic heterocycles. The lowest BCUT2D eigenvalue weighted by Gasteiger charge is -2.30. The standard InChI is InChI=1S/C15H25ClN2O/c1-6-18(10-15(3,4)19)12-7-8-13(11(2)17-5)14(16)9-12/h7-9,11,17,19H,6,10H2,1-5H3. The van der Waals surface area contributed by atoms with Crippen molar-refractivity contribution in [3.8, 4) is 0 Å². The number of benzene rings is 1. The highest BCUT2D eigenvalue weighted by atomic mass is 35.5. The number of anilines is 1. The van der Waals surface area contributed by atoms with E-state index in [-0.39, 0.29) is 6.04 Å². The molecule has 0 radical (unpaired) electrons. The maximum absolute atomic E-state index is 9.95. The largest absolute Gasteiger partial charge is 0.389 e. The average Bonchev–Trinajstić information content (AvgIpc) is 2.33. The number of rotatable bonds is 6. The Morgan fingerprint density at radius 2 is 2.05 bits per heavy atom. The summed E-state index contributed by atoms with van der Waals surface area (Å²) >= 11 is 6.35. The molecule has 0 heterocycles. The molecule has 1 atom stereocenters. The molecule has 19 heavy (non-hydrogen) atoms. The summed E-state index contributed by atoms with van der Waals surface area (Å²) in [6.07, 6.45) is 0. The van der Waals surface area contributed by atoms with Gasteiger partial charge in [-0.05, 0) is 52.4 Å². The van der Waals surface area contributed by atoms with Crippen LogP contribution in [0.3, 0.4) is 0 Å². The summed E-state index contributed by atoms with van der Waals surface area (Å²) in [7, 11) is 1.92. The molecule has 1 unspecified atom stereocenters. The highest BCUT2D eigenvalue weighted by Crippen LogP contribution is 2.28. The minimum absolute atomic E-state index is 0.228. The van der Waals surface area contributed by atoms with E-state index in [2.05, 4.69) is 30.1 Å². The molecular weight excluding hydrogens is 260 g/mol. The first-order chi connectivity index (χ1) is 8.78. The van der Waals surface area contributed by atoms with E-state index in [1.807, 2.05) is 33.0 Å². The first-order valence-corrected chi connectivity index (χ1v) is 7.10. The predicted octanol–water partition coefficient (Wildman–Crippen LogP) is 3.22. The van der Waals surface area contributed by atoms with Gasteiger partial charge in [0.2, 0.25) is 0 Å². The number of nitrogens with one attached hydrogen (secondary N) is 1. The van der Waals surface area contributed by atoms with Crippen molar-refractivity contribution >= 4 is 17.3 Å². The summed E-state index contributed by atoms with van der Waals surface area (Å²) in [4.78, 5) is 2.12. The maximum atomic E-state index is 9.95. The normalized spacial score (nSPS) is 13.4. The van der Waals surface area contributed by atoms with Gasteiger partial charge in [-0.2, -0.15) is 0 Å². The molecule has 108 valence electrons. The van der Waals surface area contributed by atoms with Crippen molar-refractivity contribution in [3.05, 3.63) is 28.8 Å². The molecule has 0 aliphatic carbocycles. The number of likely N-dealkylation sites (N-methyl/N-ethyl adjacent to an activating group) is 1. The summed E-state index contributed by atoms with van der Waals surface area (Å²) in [5.74, 6) is 0. The molecule has 0 saturated carbocycles. The average molecular weight is 285 g/mol. The molecular formula is C15H25ClN2O. The van der Waals surface area contributed by atoms with Gasteiger partial charge in [0.05, 0.1) is 5.60 Å². The Bertz CT molecular complexity index is 415. The lowest BCUT2D eigenvalue weighted by atomic mass is 10.1. The molecule has 4 heteroatoms. The Morgan fingerprint density at radius 3 is 2.47 bits per heavy atom. The number of halogens is 1. The third-order valence-corrected chi connectivity index (χ3v) is 3.54. The zero-order chi connectivity index (χ0) is 14.6. The summed E-state index contributed by atoms with van der Waals surface area (Å²) in [5, 5.41) is 13.9. The first-order valence-electron chi connectivity index (χ1n) is 6.72. The minimum Gasteiger partial charge on any atom is -0.389 e. The quantitative estimate of drug-likeness (QED) is 0.842. The van der Waals surface area contributed by atoms with Gasteiger partial charge in [0.1, 0.15) is 0 Å². The van der Waals surface area contributed by atoms with Gasteiger partial charge in [-0.15, -0.1) is 0 Å². The highest BCUT2D eigenvalue weighted by Gasteiger charge is 2.18. The predicted molar refractivity (Wildman–Crippen MR) is 83.1 cm³/mol. The molecule has 0 saturated heterocycles. The maximum Gasteiger partial charge on any atom is 0.0765 e. The van der Waals surface area contributed by atoms with Crippen LogP contribution in [-0.2, 0) is 0 Å². The Hall–Kier alpha value is -0.770. The van der Waals surface area contributed by atoms with Gasteiger partial charge in [-0.3, -0.25) is 0 Å². The summed E-state index contributed by atoms with van der Waals surface area (Å²) in [5.41, 5.74) is 1.41. The summed E-state index contributed by atoms with van der Waals surface area (Å²) < 4.78 is 0. The van der Waals surface area contributed by atoms with Gasteiger partial charge < -0.3 is 15.3 Å². The van der Waals surface area contributed by atoms with Crippen LogP contribution in [0.15, 0.2) is 18.2 Å². The molecule has 0 bridgehead atoms. The van der Waals surface area contributed by atoms with Gasteiger partial charge in [0.25, 0.3) is 0 Å². The van der Waals surface area contributed by atoms with E-state index in [0.717, 1.165) is 22.8 Å². The summed E-state index contributed by atoms with van der Waals surface area (Å²) in [6.45, 7) is 9.20. The molecule has 0 aromatic heterocycles. The van der Waals surface area contributed by atoms with E-state index < -0.39 is 5.60 Å². The van der Waals surface area contributed by atoms with Crippen LogP contribution in [-0.4, -0.2) is 30.8 Å². The van der Waals surface area contributed by atoms with Crippen LogP contribution in [0.2, 0.25) is 5.02 Å². The number of hydrogen-bond acceptors (Lipinski definition) is 3. The Balaban J connectivity index is 2.98. The monoisotopic (exact) mass is 284 g/mol. The summed E-state index contributed by atoms with van der Waals surface area (Å²) in [6, 6.07) is 6.31. The Labute approximate surface area is 121 Å². The molecule has 3 nitrogen and oxygen atoms in total. The molecule has 0 fully saturated rings. The van der Waals surface area contributed by atoms with Crippen molar-refractivity contribution in [2.75, 3.05) is 25.0 Å². The molecule has 0 amide bonds. The van der Waals surface area contributed by atoms with Crippen LogP contribution >= 0.6 is 11.6 Å². The van der Waals surface area contributed by atoms with Crippen LogP contribution in [0, 0.1) is 0 Å². The van der Waals surface area contributed by atoms with E-state index in [9.17, 15) is 5.11 Å². The zero-order valence-corrected chi connectivity index (χ0v) is 13.3. The van der Waals surface area contributed by atoms with Crippen molar-refractivity contribution in [1.29, 1.82) is 0 Å². The fourth-order valence-electron chi connectivity index (χ4n) is 2.07. The first kappa shape index (κ1) is 16.3. The van der Waals surface area contributed by atoms with E-state index in [0.29, 0.717) is 6.54 Å². The molecule has 1 rings (SSSR count). The highest BCUT2D eigenvalue weighted by molar-refractivity contribution is 6.31. The molecule has 0 aliphatic rings. The zero-order valence-electron chi connectivity index (χ0n) is 12.5. The van der Waals surface area contributed by atoms with Crippen molar-refractivity contribution in [3.63, 3.8) is 0 Å². The Morgan fingerprint density at radius 1 is 1.42 bits per heavy atom. The number of aliphatic hydroxyl groups is 1. The fraction of sp³-hybridized carbons (Fsp3) is 0.600. The Kier molecular flexibility index (Phi) is 5.65. The van der Waals surface area contributed by atoms with E-state index >= 15 is 0 Å². The lowest BCUT2D eigenvalue weighted by molar-refractivity contribution is 0.0876. The minimum atomic E-state index is -0.723. The van der Waals surface area contributed by atoms with Crippen molar-refractivity contribution in [2.24, 2.45) is 0 Å². The van der Waals surface area contributed by atoms with Crippen LogP contribution in [0.1, 0.15) is 39.3 Å². The van der Waals surface area contributed by atoms with Crippen LogP contribution in [0.5, 0.6) is 0 Å². The van der Waals surface area contributed by atoms with Gasteiger partial charge in [0, 0.05) is 29.8 Å². The van der Waals surface area contributed by atoms with Crippen LogP contribution in [0.25, 0.3) is 0 Å². The number of nitrogens with zero attached hydrogens (tertiary/aromatic N) is 1. The lowest BCUT2D eigenvalue weighted by Crippen LogP contribution is -2.38. The van der Waals surface area contributed by atoms with Crippen molar-refractivity contribution < 1.29 is 5.11 Å². The van der Waals surface area contributed by atoms with Crippen LogP contribution in [0.4, 0.5) is 5.69 Å². The van der Waals surface area contributed by atoms with E-state index in [1.165, 1.54) is 0 Å². The SMILES string of the molecule is CCN(CC(C)(C)O)c1ccc(C(C)NC)c(Cl)c1. The molecule has 1 aromatic rings. The third-order valence-electron chi connectivity index (χ3n) is 3.21.